The van der Waals surface area contributed by atoms with Crippen LogP contribution in [-0.4, -0.2) is 18.2 Å². The lowest BCUT2D eigenvalue weighted by atomic mass is 10.2. The molecule has 0 saturated carbocycles. The molecule has 1 amide bonds. The van der Waals surface area contributed by atoms with Gasteiger partial charge < -0.3 is 9.73 Å². The number of benzene rings is 1. The van der Waals surface area contributed by atoms with E-state index in [0.29, 0.717) is 10.8 Å². The van der Waals surface area contributed by atoms with E-state index in [1.807, 2.05) is 25.1 Å². The molecule has 2 N–H and O–H groups in total. The predicted octanol–water partition coefficient (Wildman–Crippen LogP) is 3.19. The molecule has 0 bridgehead atoms. The van der Waals surface area contributed by atoms with Crippen LogP contribution in [0.5, 0.6) is 0 Å². The van der Waals surface area contributed by atoms with Gasteiger partial charge in [0.05, 0.1) is 6.21 Å². The van der Waals surface area contributed by atoms with Crippen LogP contribution in [0.2, 0.25) is 5.02 Å². The highest BCUT2D eigenvalue weighted by molar-refractivity contribution is 6.30. The van der Waals surface area contributed by atoms with Crippen LogP contribution in [0.25, 0.3) is 0 Å². The lowest BCUT2D eigenvalue weighted by Gasteiger charge is -2.13. The zero-order valence-corrected chi connectivity index (χ0v) is 12.5. The van der Waals surface area contributed by atoms with Gasteiger partial charge in [-0.3, -0.25) is 4.79 Å². The van der Waals surface area contributed by atoms with E-state index in [1.165, 1.54) is 6.21 Å². The topological polar surface area (TPSA) is 66.6 Å². The Morgan fingerprint density at radius 2 is 2.19 bits per heavy atom. The van der Waals surface area contributed by atoms with E-state index in [0.717, 1.165) is 11.4 Å². The third-order valence-electron chi connectivity index (χ3n) is 2.73. The summed E-state index contributed by atoms with van der Waals surface area (Å²) in [4.78, 5) is 11.9. The summed E-state index contributed by atoms with van der Waals surface area (Å²) in [7, 11) is 0. The Hall–Kier alpha value is -2.27. The van der Waals surface area contributed by atoms with Crippen molar-refractivity contribution in [1.29, 1.82) is 0 Å². The van der Waals surface area contributed by atoms with Crippen LogP contribution in [-0.2, 0) is 4.79 Å². The number of nitrogens with one attached hydrogen (secondary N) is 2. The van der Waals surface area contributed by atoms with Crippen molar-refractivity contribution in [1.82, 2.24) is 5.43 Å². The van der Waals surface area contributed by atoms with Gasteiger partial charge in [0, 0.05) is 10.7 Å². The molecule has 0 saturated heterocycles. The van der Waals surface area contributed by atoms with Gasteiger partial charge in [-0.1, -0.05) is 17.7 Å². The molecule has 0 spiro atoms. The van der Waals surface area contributed by atoms with Gasteiger partial charge >= 0.3 is 0 Å². The monoisotopic (exact) mass is 305 g/mol. The molecule has 0 radical (unpaired) electrons. The van der Waals surface area contributed by atoms with E-state index < -0.39 is 6.04 Å². The second-order valence-corrected chi connectivity index (χ2v) is 5.00. The average Bonchev–Trinajstić information content (AvgIpc) is 2.84. The summed E-state index contributed by atoms with van der Waals surface area (Å²) >= 11 is 5.89. The maximum atomic E-state index is 11.9. The quantitative estimate of drug-likeness (QED) is 0.658. The van der Waals surface area contributed by atoms with Crippen LogP contribution >= 0.6 is 11.6 Å². The van der Waals surface area contributed by atoms with Crippen molar-refractivity contribution in [2.24, 2.45) is 5.10 Å². The Morgan fingerprint density at radius 1 is 1.38 bits per heavy atom. The van der Waals surface area contributed by atoms with Crippen molar-refractivity contribution in [2.75, 3.05) is 5.32 Å². The minimum absolute atomic E-state index is 0.255. The van der Waals surface area contributed by atoms with Crippen molar-refractivity contribution in [3.8, 4) is 0 Å². The fraction of sp³-hybridized carbons (Fsp3) is 0.200. The number of rotatable bonds is 5. The lowest BCUT2D eigenvalue weighted by molar-refractivity contribution is -0.121. The van der Waals surface area contributed by atoms with E-state index >= 15 is 0 Å². The van der Waals surface area contributed by atoms with E-state index in [4.69, 9.17) is 16.0 Å². The van der Waals surface area contributed by atoms with Crippen LogP contribution in [0.3, 0.4) is 0 Å². The fourth-order valence-electron chi connectivity index (χ4n) is 1.67. The van der Waals surface area contributed by atoms with Crippen LogP contribution in [0.4, 0.5) is 5.69 Å². The molecule has 1 atom stereocenters. The number of hydrogen-bond acceptors (Lipinski definition) is 4. The van der Waals surface area contributed by atoms with Crippen molar-refractivity contribution >= 4 is 29.4 Å². The van der Waals surface area contributed by atoms with Crippen molar-refractivity contribution in [3.63, 3.8) is 0 Å². The first-order valence-electron chi connectivity index (χ1n) is 6.46. The molecule has 0 aliphatic rings. The van der Waals surface area contributed by atoms with Gasteiger partial charge in [0.15, 0.2) is 0 Å². The first kappa shape index (κ1) is 15.1. The molecule has 2 rings (SSSR count). The molecule has 1 heterocycles. The molecule has 1 aromatic heterocycles. The van der Waals surface area contributed by atoms with E-state index in [2.05, 4.69) is 15.8 Å². The average molecular weight is 306 g/mol. The van der Waals surface area contributed by atoms with Crippen molar-refractivity contribution in [3.05, 3.63) is 52.9 Å². The molecule has 0 aliphatic heterocycles. The number of nitrogens with zero attached hydrogens (tertiary/aromatic N) is 1. The molecule has 6 heteroatoms. The van der Waals surface area contributed by atoms with Gasteiger partial charge in [0.2, 0.25) is 0 Å². The Kier molecular flexibility index (Phi) is 5.00. The fourth-order valence-corrected chi connectivity index (χ4v) is 1.86. The number of carbonyl (C=O) groups is 1. The number of aryl methyl sites for hydroxylation is 1. The SMILES string of the molecule is Cc1ccc(C=NNC(=O)C(C)Nc2cccc(Cl)c2)o1. The van der Waals surface area contributed by atoms with Crippen LogP contribution in [0, 0.1) is 6.92 Å². The molecular formula is C15H16ClN3O2. The summed E-state index contributed by atoms with van der Waals surface area (Å²) in [6.07, 6.45) is 1.46. The molecule has 1 aromatic carbocycles. The number of anilines is 1. The number of hydrazone groups is 1. The molecule has 0 aliphatic carbocycles. The molecule has 1 unspecified atom stereocenters. The Morgan fingerprint density at radius 3 is 2.86 bits per heavy atom. The minimum atomic E-state index is -0.445. The zero-order valence-electron chi connectivity index (χ0n) is 11.8. The van der Waals surface area contributed by atoms with E-state index in [9.17, 15) is 4.79 Å². The lowest BCUT2D eigenvalue weighted by Crippen LogP contribution is -2.34. The number of carbonyl (C=O) groups excluding carboxylic acids is 1. The highest BCUT2D eigenvalue weighted by Crippen LogP contribution is 2.15. The first-order valence-corrected chi connectivity index (χ1v) is 6.84. The summed E-state index contributed by atoms with van der Waals surface area (Å²) in [6.45, 7) is 3.58. The van der Waals surface area contributed by atoms with Gasteiger partial charge in [0.25, 0.3) is 5.91 Å². The summed E-state index contributed by atoms with van der Waals surface area (Å²) in [5, 5.41) is 7.50. The van der Waals surface area contributed by atoms with Gasteiger partial charge in [0.1, 0.15) is 17.6 Å². The summed E-state index contributed by atoms with van der Waals surface area (Å²) in [6, 6.07) is 10.3. The smallest absolute Gasteiger partial charge is 0.262 e. The third kappa shape index (κ3) is 4.65. The number of furan rings is 1. The van der Waals surface area contributed by atoms with E-state index in [1.54, 1.807) is 25.1 Å². The number of amides is 1. The van der Waals surface area contributed by atoms with E-state index in [-0.39, 0.29) is 5.91 Å². The zero-order chi connectivity index (χ0) is 15.2. The number of hydrogen-bond donors (Lipinski definition) is 2. The van der Waals surface area contributed by atoms with Crippen LogP contribution < -0.4 is 10.7 Å². The Labute approximate surface area is 128 Å². The highest BCUT2D eigenvalue weighted by Gasteiger charge is 2.11. The van der Waals surface area contributed by atoms with Crippen molar-refractivity contribution in [2.45, 2.75) is 19.9 Å². The molecular weight excluding hydrogens is 290 g/mol. The second kappa shape index (κ2) is 6.95. The van der Waals surface area contributed by atoms with Gasteiger partial charge in [-0.25, -0.2) is 5.43 Å². The first-order chi connectivity index (χ1) is 10.0. The standard InChI is InChI=1S/C15H16ClN3O2/c1-10-6-7-14(21-10)9-17-19-15(20)11(2)18-13-5-3-4-12(16)8-13/h3-9,11,18H,1-2H3,(H,19,20). The van der Waals surface area contributed by atoms with Gasteiger partial charge in [-0.15, -0.1) is 0 Å². The molecule has 5 nitrogen and oxygen atoms in total. The van der Waals surface area contributed by atoms with Crippen LogP contribution in [0.1, 0.15) is 18.4 Å². The predicted molar refractivity (Wildman–Crippen MR) is 83.7 cm³/mol. The molecule has 21 heavy (non-hydrogen) atoms. The normalized spacial score (nSPS) is 12.3. The maximum Gasteiger partial charge on any atom is 0.262 e. The Balaban J connectivity index is 1.86. The molecule has 0 fully saturated rings. The Bertz CT molecular complexity index is 652. The van der Waals surface area contributed by atoms with Crippen molar-refractivity contribution < 1.29 is 9.21 Å². The number of halogens is 1. The second-order valence-electron chi connectivity index (χ2n) is 4.56. The molecule has 2 aromatic rings. The van der Waals surface area contributed by atoms with Gasteiger partial charge in [-0.2, -0.15) is 5.10 Å². The third-order valence-corrected chi connectivity index (χ3v) is 2.96. The molecule has 110 valence electrons. The largest absolute Gasteiger partial charge is 0.460 e. The maximum absolute atomic E-state index is 11.9. The van der Waals surface area contributed by atoms with Crippen LogP contribution in [0.15, 0.2) is 45.9 Å². The minimum Gasteiger partial charge on any atom is -0.460 e. The highest BCUT2D eigenvalue weighted by atomic mass is 35.5. The van der Waals surface area contributed by atoms with Gasteiger partial charge in [-0.05, 0) is 44.2 Å². The summed E-state index contributed by atoms with van der Waals surface area (Å²) in [5.74, 6) is 1.12. The summed E-state index contributed by atoms with van der Waals surface area (Å²) in [5.41, 5.74) is 3.22. The summed E-state index contributed by atoms with van der Waals surface area (Å²) < 4.78 is 5.30.